The molecule has 0 spiro atoms. The smallest absolute Gasteiger partial charge is 0.313 e. The van der Waals surface area contributed by atoms with Gasteiger partial charge in [-0.2, -0.15) is 0 Å². The zero-order valence-electron chi connectivity index (χ0n) is 16.8. The summed E-state index contributed by atoms with van der Waals surface area (Å²) in [5.74, 6) is -1.39. The average molecular weight is 484 g/mol. The number of para-hydroxylation sites is 1. The molecule has 3 aromatic rings. The van der Waals surface area contributed by atoms with Crippen LogP contribution in [-0.2, 0) is 16.2 Å². The summed E-state index contributed by atoms with van der Waals surface area (Å²) in [7, 11) is 0. The Bertz CT molecular complexity index is 1280. The fraction of sp³-hybridized carbons (Fsp3) is 0.0435. The number of nitrogens with one attached hydrogen (secondary N) is 1. The van der Waals surface area contributed by atoms with Crippen LogP contribution in [0.3, 0.4) is 0 Å². The van der Waals surface area contributed by atoms with E-state index in [1.54, 1.807) is 54.6 Å². The number of nitro benzene ring substituents is 1. The normalized spacial score (nSPS) is 14.5. The number of benzene rings is 3. The highest BCUT2D eigenvalue weighted by Gasteiger charge is 2.35. The van der Waals surface area contributed by atoms with Crippen molar-refractivity contribution in [2.45, 2.75) is 6.61 Å². The largest absolute Gasteiger partial charge is 0.482 e. The first kappa shape index (κ1) is 22.3. The van der Waals surface area contributed by atoms with Crippen LogP contribution in [-0.4, -0.2) is 16.7 Å². The van der Waals surface area contributed by atoms with Crippen LogP contribution in [0.25, 0.3) is 6.08 Å². The molecule has 1 aliphatic heterocycles. The number of hydrogen-bond acceptors (Lipinski definition) is 5. The van der Waals surface area contributed by atoms with Crippen molar-refractivity contribution >= 4 is 52.5 Å². The van der Waals surface area contributed by atoms with E-state index in [0.717, 1.165) is 11.1 Å². The van der Waals surface area contributed by atoms with Crippen molar-refractivity contribution in [3.05, 3.63) is 104 Å². The van der Waals surface area contributed by atoms with Crippen LogP contribution in [0.15, 0.2) is 72.3 Å². The number of carbonyl (C=O) groups excluding carboxylic acids is 2. The van der Waals surface area contributed by atoms with Crippen LogP contribution in [0, 0.1) is 10.1 Å². The van der Waals surface area contributed by atoms with E-state index in [-0.39, 0.29) is 28.5 Å². The molecule has 0 radical (unpaired) electrons. The fourth-order valence-corrected chi connectivity index (χ4v) is 3.55. The van der Waals surface area contributed by atoms with Crippen LogP contribution in [0.5, 0.6) is 5.75 Å². The Morgan fingerprint density at radius 3 is 2.36 bits per heavy atom. The summed E-state index contributed by atoms with van der Waals surface area (Å²) in [6.07, 6.45) is 1.23. The Kier molecular flexibility index (Phi) is 6.30. The summed E-state index contributed by atoms with van der Waals surface area (Å²) in [5.41, 5.74) is 3.18. The summed E-state index contributed by atoms with van der Waals surface area (Å²) in [5, 5.41) is 13.3. The molecule has 2 amide bonds. The van der Waals surface area contributed by atoms with Gasteiger partial charge in [0, 0.05) is 21.7 Å². The Balaban J connectivity index is 1.72. The van der Waals surface area contributed by atoms with Gasteiger partial charge in [-0.25, -0.2) is 5.01 Å². The van der Waals surface area contributed by atoms with Crippen molar-refractivity contribution in [1.29, 1.82) is 0 Å². The second-order valence-corrected chi connectivity index (χ2v) is 7.86. The van der Waals surface area contributed by atoms with Gasteiger partial charge in [-0.15, -0.1) is 0 Å². The van der Waals surface area contributed by atoms with E-state index in [1.807, 2.05) is 0 Å². The van der Waals surface area contributed by atoms with E-state index in [1.165, 1.54) is 12.1 Å². The Labute approximate surface area is 198 Å². The molecular formula is C23H15Cl2N3O5. The first-order valence-corrected chi connectivity index (χ1v) is 10.4. The zero-order chi connectivity index (χ0) is 23.5. The SMILES string of the molecule is O=C1NN(c2ccccc2)C(=O)C1=Cc1cc(Cl)cc([N+](=O)[O-])c1OCc1ccc(Cl)cc1. The molecule has 0 bridgehead atoms. The monoisotopic (exact) mass is 483 g/mol. The number of nitrogens with zero attached hydrogens (tertiary/aromatic N) is 2. The van der Waals surface area contributed by atoms with Crippen molar-refractivity contribution in [3.8, 4) is 5.75 Å². The number of anilines is 1. The van der Waals surface area contributed by atoms with E-state index < -0.39 is 22.4 Å². The molecule has 1 N–H and O–H groups in total. The number of hydrazine groups is 1. The van der Waals surface area contributed by atoms with Crippen LogP contribution in [0.2, 0.25) is 10.0 Å². The zero-order valence-corrected chi connectivity index (χ0v) is 18.3. The number of halogens is 2. The lowest BCUT2D eigenvalue weighted by atomic mass is 10.1. The second kappa shape index (κ2) is 9.32. The molecule has 4 rings (SSSR count). The highest BCUT2D eigenvalue weighted by molar-refractivity contribution is 6.33. The van der Waals surface area contributed by atoms with E-state index in [0.29, 0.717) is 16.3 Å². The molecule has 3 aromatic carbocycles. The maximum Gasteiger partial charge on any atom is 0.313 e. The maximum atomic E-state index is 12.9. The molecule has 0 atom stereocenters. The summed E-state index contributed by atoms with van der Waals surface area (Å²) in [6, 6.07) is 17.8. The third kappa shape index (κ3) is 4.82. The van der Waals surface area contributed by atoms with E-state index in [2.05, 4.69) is 5.43 Å². The van der Waals surface area contributed by atoms with Gasteiger partial charge in [-0.05, 0) is 42.0 Å². The number of hydrogen-bond donors (Lipinski definition) is 1. The molecule has 166 valence electrons. The molecule has 33 heavy (non-hydrogen) atoms. The standard InChI is InChI=1S/C23H15Cl2N3O5/c24-16-8-6-14(7-9-16)13-33-21-15(10-17(25)12-20(21)28(31)32)11-19-22(29)26-27(23(19)30)18-4-2-1-3-5-18/h1-12H,13H2,(H,26,29). The second-order valence-electron chi connectivity index (χ2n) is 6.99. The summed E-state index contributed by atoms with van der Waals surface area (Å²) >= 11 is 12.0. The highest BCUT2D eigenvalue weighted by atomic mass is 35.5. The highest BCUT2D eigenvalue weighted by Crippen LogP contribution is 2.37. The van der Waals surface area contributed by atoms with Crippen molar-refractivity contribution in [2.24, 2.45) is 0 Å². The molecule has 0 saturated carbocycles. The maximum absolute atomic E-state index is 12.9. The third-order valence-electron chi connectivity index (χ3n) is 4.76. The predicted molar refractivity (Wildman–Crippen MR) is 124 cm³/mol. The number of nitro groups is 1. The minimum Gasteiger partial charge on any atom is -0.482 e. The average Bonchev–Trinajstić information content (AvgIpc) is 3.08. The van der Waals surface area contributed by atoms with Gasteiger partial charge in [0.15, 0.2) is 0 Å². The van der Waals surface area contributed by atoms with E-state index in [9.17, 15) is 19.7 Å². The fourth-order valence-electron chi connectivity index (χ4n) is 3.21. The van der Waals surface area contributed by atoms with Gasteiger partial charge < -0.3 is 4.74 Å². The molecule has 1 fully saturated rings. The minimum absolute atomic E-state index is 0.00784. The van der Waals surface area contributed by atoms with Gasteiger partial charge >= 0.3 is 5.69 Å². The van der Waals surface area contributed by atoms with E-state index >= 15 is 0 Å². The molecule has 1 heterocycles. The van der Waals surface area contributed by atoms with Gasteiger partial charge in [0.2, 0.25) is 5.75 Å². The third-order valence-corrected chi connectivity index (χ3v) is 5.23. The predicted octanol–water partition coefficient (Wildman–Crippen LogP) is 4.94. The summed E-state index contributed by atoms with van der Waals surface area (Å²) < 4.78 is 5.76. The number of amides is 2. The molecule has 0 aromatic heterocycles. The molecule has 0 aliphatic carbocycles. The minimum atomic E-state index is -0.657. The van der Waals surface area contributed by atoms with Gasteiger partial charge in [-0.3, -0.25) is 25.1 Å². The molecular weight excluding hydrogens is 469 g/mol. The molecule has 0 unspecified atom stereocenters. The van der Waals surface area contributed by atoms with Crippen molar-refractivity contribution in [3.63, 3.8) is 0 Å². The summed E-state index contributed by atoms with van der Waals surface area (Å²) in [6.45, 7) is -0.00784. The summed E-state index contributed by atoms with van der Waals surface area (Å²) in [4.78, 5) is 36.5. The van der Waals surface area contributed by atoms with Crippen molar-refractivity contribution in [2.75, 3.05) is 5.01 Å². The van der Waals surface area contributed by atoms with Gasteiger partial charge in [0.05, 0.1) is 10.6 Å². The van der Waals surface area contributed by atoms with Crippen molar-refractivity contribution in [1.82, 2.24) is 5.43 Å². The van der Waals surface area contributed by atoms with E-state index in [4.69, 9.17) is 27.9 Å². The van der Waals surface area contributed by atoms with Gasteiger partial charge in [0.25, 0.3) is 11.8 Å². The van der Waals surface area contributed by atoms with Crippen molar-refractivity contribution < 1.29 is 19.2 Å². The molecule has 1 aliphatic rings. The lowest BCUT2D eigenvalue weighted by Crippen LogP contribution is -2.35. The Morgan fingerprint density at radius 1 is 1.00 bits per heavy atom. The molecule has 8 nitrogen and oxygen atoms in total. The first-order valence-electron chi connectivity index (χ1n) is 9.61. The van der Waals surface area contributed by atoms with Crippen LogP contribution in [0.4, 0.5) is 11.4 Å². The number of ether oxygens (including phenoxy) is 1. The number of carbonyl (C=O) groups is 2. The molecule has 10 heteroatoms. The van der Waals surface area contributed by atoms with Crippen LogP contribution >= 0.6 is 23.2 Å². The Morgan fingerprint density at radius 2 is 1.70 bits per heavy atom. The lowest BCUT2D eigenvalue weighted by molar-refractivity contribution is -0.385. The van der Waals surface area contributed by atoms with Gasteiger partial charge in [-0.1, -0.05) is 53.5 Å². The van der Waals surface area contributed by atoms with Crippen LogP contribution < -0.4 is 15.2 Å². The Hall–Kier alpha value is -3.88. The quantitative estimate of drug-likeness (QED) is 0.231. The molecule has 1 saturated heterocycles. The number of rotatable bonds is 6. The topological polar surface area (TPSA) is 102 Å². The van der Waals surface area contributed by atoms with Gasteiger partial charge in [0.1, 0.15) is 12.2 Å². The first-order chi connectivity index (χ1) is 15.8. The van der Waals surface area contributed by atoms with Crippen LogP contribution in [0.1, 0.15) is 11.1 Å². The lowest BCUT2D eigenvalue weighted by Gasteiger charge is -2.14.